The number of anilines is 1. The molecular formula is C15H14N2O5S. The van der Waals surface area contributed by atoms with E-state index in [-0.39, 0.29) is 24.0 Å². The normalized spacial score (nSPS) is 12.3. The van der Waals surface area contributed by atoms with E-state index >= 15 is 0 Å². The Morgan fingerprint density at radius 1 is 1.30 bits per heavy atom. The number of ether oxygens (including phenoxy) is 2. The number of thiazole rings is 1. The second kappa shape index (κ2) is 5.88. The zero-order valence-corrected chi connectivity index (χ0v) is 13.4. The van der Waals surface area contributed by atoms with Crippen molar-refractivity contribution in [1.29, 1.82) is 0 Å². The van der Waals surface area contributed by atoms with E-state index in [4.69, 9.17) is 9.47 Å². The second-order valence-corrected chi connectivity index (χ2v) is 5.91. The Morgan fingerprint density at radius 3 is 2.61 bits per heavy atom. The van der Waals surface area contributed by atoms with Crippen LogP contribution in [-0.2, 0) is 11.3 Å². The van der Waals surface area contributed by atoms with Gasteiger partial charge >= 0.3 is 4.87 Å². The largest absolute Gasteiger partial charge is 0.454 e. The number of nitrogens with one attached hydrogen (secondary N) is 1. The number of carbonyl (C=O) groups excluding carboxylic acids is 2. The maximum Gasteiger partial charge on any atom is 0.307 e. The van der Waals surface area contributed by atoms with Crippen molar-refractivity contribution >= 4 is 28.7 Å². The second-order valence-electron chi connectivity index (χ2n) is 5.08. The number of rotatable bonds is 4. The van der Waals surface area contributed by atoms with Crippen molar-refractivity contribution in [2.75, 3.05) is 12.1 Å². The number of hydrogen-bond acceptors (Lipinski definition) is 6. The molecule has 23 heavy (non-hydrogen) atoms. The first kappa shape index (κ1) is 15.3. The predicted molar refractivity (Wildman–Crippen MR) is 84.5 cm³/mol. The highest BCUT2D eigenvalue weighted by Crippen LogP contribution is 2.37. The first-order chi connectivity index (χ1) is 11.0. The van der Waals surface area contributed by atoms with Crippen molar-refractivity contribution < 1.29 is 19.1 Å². The third-order valence-electron chi connectivity index (χ3n) is 3.44. The van der Waals surface area contributed by atoms with Crippen molar-refractivity contribution in [3.63, 3.8) is 0 Å². The van der Waals surface area contributed by atoms with E-state index < -0.39 is 5.91 Å². The smallest absolute Gasteiger partial charge is 0.307 e. The van der Waals surface area contributed by atoms with Crippen LogP contribution in [0.4, 0.5) is 5.69 Å². The Kier molecular flexibility index (Phi) is 3.91. The standard InChI is InChI=1S/C15H14N2O5S/c1-8-6-23-15(20)17(8)5-14(19)16-11-4-13-12(21-7-22-13)3-10(11)9(2)18/h3-4,6H,5,7H2,1-2H3,(H,16,19). The predicted octanol–water partition coefficient (Wildman–Crippen LogP) is 1.79. The lowest BCUT2D eigenvalue weighted by Gasteiger charge is -2.11. The van der Waals surface area contributed by atoms with Gasteiger partial charge in [0.1, 0.15) is 6.54 Å². The van der Waals surface area contributed by atoms with Crippen LogP contribution in [0.5, 0.6) is 11.5 Å². The molecule has 1 aromatic carbocycles. The molecule has 0 bridgehead atoms. The lowest BCUT2D eigenvalue weighted by molar-refractivity contribution is -0.116. The van der Waals surface area contributed by atoms with Crippen molar-refractivity contribution in [3.05, 3.63) is 38.4 Å². The SMILES string of the molecule is CC(=O)c1cc2c(cc1NC(=O)Cn1c(C)csc1=O)OCO2. The van der Waals surface area contributed by atoms with Gasteiger partial charge < -0.3 is 14.8 Å². The summed E-state index contributed by atoms with van der Waals surface area (Å²) in [5, 5.41) is 4.36. The van der Waals surface area contributed by atoms with Gasteiger partial charge in [-0.2, -0.15) is 0 Å². The number of fused-ring (bicyclic) bond motifs is 1. The van der Waals surface area contributed by atoms with Gasteiger partial charge in [0.05, 0.1) is 5.69 Å². The molecule has 0 saturated carbocycles. The summed E-state index contributed by atoms with van der Waals surface area (Å²) in [6.07, 6.45) is 0. The zero-order valence-electron chi connectivity index (χ0n) is 12.5. The Balaban J connectivity index is 1.86. The highest BCUT2D eigenvalue weighted by molar-refractivity contribution is 7.07. The van der Waals surface area contributed by atoms with E-state index in [1.54, 1.807) is 24.4 Å². The fourth-order valence-corrected chi connectivity index (χ4v) is 3.00. The lowest BCUT2D eigenvalue weighted by Crippen LogP contribution is -2.25. The average molecular weight is 334 g/mol. The molecule has 7 nitrogen and oxygen atoms in total. The van der Waals surface area contributed by atoms with Crippen molar-refractivity contribution in [1.82, 2.24) is 4.57 Å². The van der Waals surface area contributed by atoms with E-state index in [1.807, 2.05) is 0 Å². The molecule has 1 N–H and O–H groups in total. The molecule has 2 aromatic rings. The number of hydrogen-bond donors (Lipinski definition) is 1. The van der Waals surface area contributed by atoms with Crippen LogP contribution in [0.1, 0.15) is 23.0 Å². The van der Waals surface area contributed by atoms with Gasteiger partial charge in [0.15, 0.2) is 17.3 Å². The van der Waals surface area contributed by atoms with E-state index in [0.29, 0.717) is 28.4 Å². The Labute approximate surface area is 135 Å². The van der Waals surface area contributed by atoms with Gasteiger partial charge in [-0.1, -0.05) is 11.3 Å². The van der Waals surface area contributed by atoms with Gasteiger partial charge in [-0.05, 0) is 19.9 Å². The summed E-state index contributed by atoms with van der Waals surface area (Å²) in [7, 11) is 0. The monoisotopic (exact) mass is 334 g/mol. The number of Topliss-reactive ketones (excluding diaryl/α,β-unsaturated/α-hetero) is 1. The minimum Gasteiger partial charge on any atom is -0.454 e. The number of carbonyl (C=O) groups is 2. The Morgan fingerprint density at radius 2 is 2.00 bits per heavy atom. The van der Waals surface area contributed by atoms with Crippen molar-refractivity contribution in [3.8, 4) is 11.5 Å². The lowest BCUT2D eigenvalue weighted by atomic mass is 10.1. The first-order valence-electron chi connectivity index (χ1n) is 6.85. The van der Waals surface area contributed by atoms with Crippen LogP contribution in [-0.4, -0.2) is 23.1 Å². The van der Waals surface area contributed by atoms with Gasteiger partial charge in [0.2, 0.25) is 12.7 Å². The Bertz CT molecular complexity index is 852. The van der Waals surface area contributed by atoms with Gasteiger partial charge in [-0.25, -0.2) is 0 Å². The molecule has 0 atom stereocenters. The van der Waals surface area contributed by atoms with Crippen LogP contribution < -0.4 is 19.7 Å². The van der Waals surface area contributed by atoms with Crippen LogP contribution in [0.25, 0.3) is 0 Å². The quantitative estimate of drug-likeness (QED) is 0.862. The molecule has 8 heteroatoms. The van der Waals surface area contributed by atoms with E-state index in [1.165, 1.54) is 11.5 Å². The molecule has 1 aliphatic heterocycles. The van der Waals surface area contributed by atoms with Crippen molar-refractivity contribution in [2.45, 2.75) is 20.4 Å². The van der Waals surface area contributed by atoms with Gasteiger partial charge in [0, 0.05) is 22.7 Å². The van der Waals surface area contributed by atoms with Crippen LogP contribution in [0.15, 0.2) is 22.3 Å². The molecule has 0 spiro atoms. The minimum atomic E-state index is -0.394. The summed E-state index contributed by atoms with van der Waals surface area (Å²) in [6.45, 7) is 3.13. The Hall–Kier alpha value is -2.61. The average Bonchev–Trinajstić information content (AvgIpc) is 3.07. The third-order valence-corrected chi connectivity index (χ3v) is 4.33. The molecule has 0 aliphatic carbocycles. The summed E-state index contributed by atoms with van der Waals surface area (Å²) in [5.41, 5.74) is 1.39. The first-order valence-corrected chi connectivity index (χ1v) is 7.73. The number of aromatic nitrogens is 1. The number of ketones is 1. The number of aryl methyl sites for hydroxylation is 1. The molecule has 0 unspecified atom stereocenters. The molecular weight excluding hydrogens is 320 g/mol. The minimum absolute atomic E-state index is 0.0770. The van der Waals surface area contributed by atoms with E-state index in [9.17, 15) is 14.4 Å². The molecule has 1 aliphatic rings. The summed E-state index contributed by atoms with van der Waals surface area (Å²) in [5.74, 6) is 0.338. The summed E-state index contributed by atoms with van der Waals surface area (Å²) < 4.78 is 11.9. The maximum absolute atomic E-state index is 12.2. The summed E-state index contributed by atoms with van der Waals surface area (Å²) >= 11 is 1.04. The highest BCUT2D eigenvalue weighted by atomic mass is 32.1. The fraction of sp³-hybridized carbons (Fsp3) is 0.267. The van der Waals surface area contributed by atoms with Gasteiger partial charge in [0.25, 0.3) is 0 Å². The number of nitrogens with zero attached hydrogens (tertiary/aromatic N) is 1. The molecule has 3 rings (SSSR count). The van der Waals surface area contributed by atoms with Crippen LogP contribution in [0.3, 0.4) is 0 Å². The van der Waals surface area contributed by atoms with Gasteiger partial charge in [-0.3, -0.25) is 19.0 Å². The van der Waals surface area contributed by atoms with E-state index in [2.05, 4.69) is 5.32 Å². The van der Waals surface area contributed by atoms with Crippen LogP contribution >= 0.6 is 11.3 Å². The third kappa shape index (κ3) is 2.98. The fourth-order valence-electron chi connectivity index (χ4n) is 2.27. The highest BCUT2D eigenvalue weighted by Gasteiger charge is 2.20. The molecule has 1 amide bonds. The van der Waals surface area contributed by atoms with Crippen LogP contribution in [0.2, 0.25) is 0 Å². The molecule has 2 heterocycles. The van der Waals surface area contributed by atoms with E-state index in [0.717, 1.165) is 11.3 Å². The summed E-state index contributed by atoms with van der Waals surface area (Å²) in [4.78, 5) is 35.4. The molecule has 120 valence electrons. The molecule has 0 radical (unpaired) electrons. The molecule has 0 saturated heterocycles. The van der Waals surface area contributed by atoms with Crippen molar-refractivity contribution in [2.24, 2.45) is 0 Å². The topological polar surface area (TPSA) is 86.6 Å². The maximum atomic E-state index is 12.2. The van der Waals surface area contributed by atoms with Crippen LogP contribution in [0, 0.1) is 6.92 Å². The van der Waals surface area contributed by atoms with Gasteiger partial charge in [-0.15, -0.1) is 0 Å². The molecule has 1 aromatic heterocycles. The number of benzene rings is 1. The summed E-state index contributed by atoms with van der Waals surface area (Å²) in [6, 6.07) is 3.10. The number of amides is 1. The zero-order chi connectivity index (χ0) is 16.6. The molecule has 0 fully saturated rings.